The Balaban J connectivity index is 2.14. The molecule has 4 heteroatoms. The van der Waals surface area contributed by atoms with E-state index in [2.05, 4.69) is 17.6 Å². The summed E-state index contributed by atoms with van der Waals surface area (Å²) in [6.45, 7) is 5.00. The molecule has 2 N–H and O–H groups in total. The fraction of sp³-hybridized carbons (Fsp3) is 1.00. The van der Waals surface area contributed by atoms with E-state index in [1.54, 1.807) is 0 Å². The third kappa shape index (κ3) is 1.22. The van der Waals surface area contributed by atoms with Gasteiger partial charge in [-0.15, -0.1) is 0 Å². The molecule has 12 heavy (non-hydrogen) atoms. The van der Waals surface area contributed by atoms with Crippen molar-refractivity contribution in [1.82, 2.24) is 10.6 Å². The normalized spacial score (nSPS) is 40.4. The molecule has 2 heterocycles. The topological polar surface area (TPSA) is 41.1 Å². The van der Waals surface area contributed by atoms with Crippen molar-refractivity contribution in [1.29, 1.82) is 0 Å². The maximum absolute atomic E-state index is 11.9. The number of rotatable bonds is 0. The van der Waals surface area contributed by atoms with Crippen LogP contribution in [0.25, 0.3) is 0 Å². The van der Waals surface area contributed by atoms with Crippen LogP contribution in [0.3, 0.4) is 0 Å². The second kappa shape index (κ2) is 3.09. The summed E-state index contributed by atoms with van der Waals surface area (Å²) in [7, 11) is -0.664. The van der Waals surface area contributed by atoms with E-state index in [1.165, 1.54) is 0 Å². The SMILES string of the molecule is CC1CNC2(CCNCC2)S1=O. The standard InChI is InChI=1S/C8H16N2OS/c1-7-6-10-8(12(7)11)2-4-9-5-3-8/h7,9-10H,2-6H2,1H3. The lowest BCUT2D eigenvalue weighted by Gasteiger charge is -2.32. The Kier molecular flexibility index (Phi) is 2.23. The zero-order chi connectivity index (χ0) is 8.60. The second-order valence-electron chi connectivity index (χ2n) is 3.73. The first-order valence-electron chi connectivity index (χ1n) is 4.61. The Morgan fingerprint density at radius 2 is 2.08 bits per heavy atom. The summed E-state index contributed by atoms with van der Waals surface area (Å²) in [4.78, 5) is -0.0370. The van der Waals surface area contributed by atoms with E-state index >= 15 is 0 Å². The minimum absolute atomic E-state index is 0.0370. The summed E-state index contributed by atoms with van der Waals surface area (Å²) < 4.78 is 11.9. The molecule has 2 rings (SSSR count). The number of piperidine rings is 1. The molecule has 2 saturated heterocycles. The fourth-order valence-electron chi connectivity index (χ4n) is 2.07. The first kappa shape index (κ1) is 8.66. The Morgan fingerprint density at radius 1 is 1.42 bits per heavy atom. The van der Waals surface area contributed by atoms with Crippen LogP contribution >= 0.6 is 0 Å². The van der Waals surface area contributed by atoms with Crippen LogP contribution in [0.15, 0.2) is 0 Å². The molecule has 1 spiro atoms. The minimum Gasteiger partial charge on any atom is -0.317 e. The molecule has 0 saturated carbocycles. The predicted octanol–water partition coefficient (Wildman–Crippen LogP) is -0.194. The van der Waals surface area contributed by atoms with Gasteiger partial charge in [-0.2, -0.15) is 0 Å². The van der Waals surface area contributed by atoms with Gasteiger partial charge in [0.1, 0.15) is 0 Å². The van der Waals surface area contributed by atoms with Crippen LogP contribution in [0, 0.1) is 0 Å². The molecule has 2 atom stereocenters. The molecule has 0 bridgehead atoms. The molecule has 0 aromatic heterocycles. The molecular weight excluding hydrogens is 172 g/mol. The van der Waals surface area contributed by atoms with Crippen molar-refractivity contribution in [3.05, 3.63) is 0 Å². The van der Waals surface area contributed by atoms with Crippen LogP contribution in [0.4, 0.5) is 0 Å². The van der Waals surface area contributed by atoms with E-state index in [4.69, 9.17) is 0 Å². The summed E-state index contributed by atoms with van der Waals surface area (Å²) in [5, 5.41) is 7.06. The van der Waals surface area contributed by atoms with Gasteiger partial charge in [-0.25, -0.2) is 0 Å². The van der Waals surface area contributed by atoms with E-state index in [0.717, 1.165) is 32.5 Å². The third-order valence-corrected chi connectivity index (χ3v) is 5.09. The van der Waals surface area contributed by atoms with Gasteiger partial charge in [-0.1, -0.05) is 0 Å². The van der Waals surface area contributed by atoms with Crippen LogP contribution in [-0.2, 0) is 10.8 Å². The van der Waals surface area contributed by atoms with E-state index in [9.17, 15) is 4.21 Å². The Labute approximate surface area is 75.8 Å². The van der Waals surface area contributed by atoms with Crippen molar-refractivity contribution in [3.8, 4) is 0 Å². The van der Waals surface area contributed by atoms with Crippen LogP contribution in [-0.4, -0.2) is 34.0 Å². The monoisotopic (exact) mass is 188 g/mol. The summed E-state index contributed by atoms with van der Waals surface area (Å²) >= 11 is 0. The first-order valence-corrected chi connectivity index (χ1v) is 5.82. The van der Waals surface area contributed by atoms with E-state index < -0.39 is 10.8 Å². The summed E-state index contributed by atoms with van der Waals surface area (Å²) in [6, 6.07) is 0. The lowest BCUT2D eigenvalue weighted by atomic mass is 10.1. The molecule has 0 radical (unpaired) electrons. The zero-order valence-electron chi connectivity index (χ0n) is 7.43. The highest BCUT2D eigenvalue weighted by atomic mass is 32.2. The average Bonchev–Trinajstić information content (AvgIpc) is 2.37. The summed E-state index contributed by atoms with van der Waals surface area (Å²) in [5.41, 5.74) is 0. The van der Waals surface area contributed by atoms with Crippen LogP contribution < -0.4 is 10.6 Å². The van der Waals surface area contributed by atoms with Gasteiger partial charge in [0.2, 0.25) is 0 Å². The first-order chi connectivity index (χ1) is 5.75. The summed E-state index contributed by atoms with van der Waals surface area (Å²) in [6.07, 6.45) is 2.04. The van der Waals surface area contributed by atoms with Crippen molar-refractivity contribution in [2.24, 2.45) is 0 Å². The number of nitrogens with one attached hydrogen (secondary N) is 2. The zero-order valence-corrected chi connectivity index (χ0v) is 8.25. The van der Waals surface area contributed by atoms with Gasteiger partial charge < -0.3 is 5.32 Å². The Bertz CT molecular complexity index is 196. The Hall–Kier alpha value is 0.0700. The van der Waals surface area contributed by atoms with Gasteiger partial charge in [0.05, 0.1) is 4.87 Å². The molecule has 0 aromatic rings. The van der Waals surface area contributed by atoms with Crippen molar-refractivity contribution in [2.75, 3.05) is 19.6 Å². The van der Waals surface area contributed by atoms with Crippen molar-refractivity contribution in [3.63, 3.8) is 0 Å². The maximum atomic E-state index is 11.9. The fourth-order valence-corrected chi connectivity index (χ4v) is 3.91. The highest BCUT2D eigenvalue weighted by molar-refractivity contribution is 7.87. The molecule has 0 amide bonds. The molecule has 70 valence electrons. The van der Waals surface area contributed by atoms with Gasteiger partial charge in [0.15, 0.2) is 0 Å². The van der Waals surface area contributed by atoms with Crippen molar-refractivity contribution >= 4 is 10.8 Å². The molecular formula is C8H16N2OS. The molecule has 2 aliphatic rings. The molecule has 2 unspecified atom stereocenters. The van der Waals surface area contributed by atoms with E-state index in [0.29, 0.717) is 5.25 Å². The third-order valence-electron chi connectivity index (χ3n) is 2.87. The van der Waals surface area contributed by atoms with Crippen LogP contribution in [0.2, 0.25) is 0 Å². The van der Waals surface area contributed by atoms with E-state index in [1.807, 2.05) is 0 Å². The quantitative estimate of drug-likeness (QED) is 0.553. The highest BCUT2D eigenvalue weighted by Crippen LogP contribution is 2.29. The lowest BCUT2D eigenvalue weighted by molar-refractivity contribution is 0.363. The van der Waals surface area contributed by atoms with Gasteiger partial charge in [0, 0.05) is 22.6 Å². The second-order valence-corrected chi connectivity index (χ2v) is 5.91. The van der Waals surface area contributed by atoms with Crippen LogP contribution in [0.5, 0.6) is 0 Å². The largest absolute Gasteiger partial charge is 0.317 e. The smallest absolute Gasteiger partial charge is 0.0973 e. The van der Waals surface area contributed by atoms with Gasteiger partial charge in [-0.3, -0.25) is 9.53 Å². The number of hydrogen-bond acceptors (Lipinski definition) is 3. The Morgan fingerprint density at radius 3 is 2.58 bits per heavy atom. The molecule has 2 aliphatic heterocycles. The number of hydrogen-bond donors (Lipinski definition) is 2. The average molecular weight is 188 g/mol. The molecule has 2 fully saturated rings. The van der Waals surface area contributed by atoms with Gasteiger partial charge >= 0.3 is 0 Å². The molecule has 0 aromatic carbocycles. The lowest BCUT2D eigenvalue weighted by Crippen LogP contribution is -2.50. The van der Waals surface area contributed by atoms with Gasteiger partial charge in [0.25, 0.3) is 0 Å². The van der Waals surface area contributed by atoms with Crippen molar-refractivity contribution < 1.29 is 4.21 Å². The van der Waals surface area contributed by atoms with Gasteiger partial charge in [-0.05, 0) is 32.9 Å². The molecule has 0 aliphatic carbocycles. The maximum Gasteiger partial charge on any atom is 0.0973 e. The van der Waals surface area contributed by atoms with Crippen LogP contribution in [0.1, 0.15) is 19.8 Å². The highest BCUT2D eigenvalue weighted by Gasteiger charge is 2.44. The predicted molar refractivity (Wildman–Crippen MR) is 50.4 cm³/mol. The van der Waals surface area contributed by atoms with E-state index in [-0.39, 0.29) is 4.87 Å². The minimum atomic E-state index is -0.664. The molecule has 3 nitrogen and oxygen atoms in total. The summed E-state index contributed by atoms with van der Waals surface area (Å²) in [5.74, 6) is 0. The van der Waals surface area contributed by atoms with Crippen molar-refractivity contribution in [2.45, 2.75) is 29.9 Å².